The Labute approximate surface area is 164 Å². The van der Waals surface area contributed by atoms with Gasteiger partial charge in [-0.05, 0) is 61.0 Å². The van der Waals surface area contributed by atoms with Gasteiger partial charge in [0.25, 0.3) is 0 Å². The number of methoxy groups -OCH3 is 1. The van der Waals surface area contributed by atoms with Crippen molar-refractivity contribution in [2.24, 2.45) is 4.99 Å². The molecule has 27 heavy (non-hydrogen) atoms. The van der Waals surface area contributed by atoms with Gasteiger partial charge in [-0.2, -0.15) is 0 Å². The summed E-state index contributed by atoms with van der Waals surface area (Å²) in [5, 5.41) is 0.720. The van der Waals surface area contributed by atoms with Crippen molar-refractivity contribution >= 4 is 28.8 Å². The summed E-state index contributed by atoms with van der Waals surface area (Å²) in [5.41, 5.74) is 4.59. The van der Waals surface area contributed by atoms with Crippen molar-refractivity contribution in [2.75, 3.05) is 12.0 Å². The Balaban J connectivity index is 1.69. The summed E-state index contributed by atoms with van der Waals surface area (Å²) in [6, 6.07) is 24.8. The van der Waals surface area contributed by atoms with Crippen LogP contribution in [0.25, 0.3) is 0 Å². The quantitative estimate of drug-likeness (QED) is 0.530. The van der Waals surface area contributed by atoms with E-state index in [1.54, 1.807) is 7.11 Å². The van der Waals surface area contributed by atoms with Gasteiger partial charge >= 0.3 is 0 Å². The molecule has 0 bridgehead atoms. The third-order valence-corrected chi connectivity index (χ3v) is 5.12. The van der Waals surface area contributed by atoms with Crippen LogP contribution >= 0.6 is 11.6 Å². The smallest absolute Gasteiger partial charge is 0.119 e. The number of rotatable bonds is 4. The molecule has 0 amide bonds. The van der Waals surface area contributed by atoms with E-state index in [2.05, 4.69) is 48.2 Å². The fraction of sp³-hybridized carbons (Fsp3) is 0.174. The van der Waals surface area contributed by atoms with Gasteiger partial charge < -0.3 is 9.64 Å². The molecule has 0 aliphatic carbocycles. The number of benzene rings is 3. The molecule has 0 spiro atoms. The summed E-state index contributed by atoms with van der Waals surface area (Å²) < 4.78 is 5.30. The van der Waals surface area contributed by atoms with E-state index in [4.69, 9.17) is 21.3 Å². The molecule has 3 aromatic carbocycles. The van der Waals surface area contributed by atoms with Gasteiger partial charge in [0, 0.05) is 17.1 Å². The van der Waals surface area contributed by atoms with Crippen molar-refractivity contribution in [3.63, 3.8) is 0 Å². The minimum absolute atomic E-state index is 0.282. The van der Waals surface area contributed by atoms with Crippen LogP contribution in [0.2, 0.25) is 5.02 Å². The van der Waals surface area contributed by atoms with Gasteiger partial charge in [-0.1, -0.05) is 41.4 Å². The topological polar surface area (TPSA) is 24.8 Å². The molecule has 1 saturated heterocycles. The summed E-state index contributed by atoms with van der Waals surface area (Å²) in [5.74, 6) is 1.90. The first kappa shape index (κ1) is 17.6. The SMILES string of the molecule is COc1ccc(N2C(=Nc3ccc(Cl)cc3)CC2c2ccc(C)cc2)cc1. The molecule has 1 unspecified atom stereocenters. The first-order valence-electron chi connectivity index (χ1n) is 8.97. The molecule has 136 valence electrons. The number of hydrogen-bond donors (Lipinski definition) is 0. The lowest BCUT2D eigenvalue weighted by Gasteiger charge is -2.44. The molecule has 0 saturated carbocycles. The lowest BCUT2D eigenvalue weighted by Crippen LogP contribution is -2.46. The Hall–Kier alpha value is -2.78. The van der Waals surface area contributed by atoms with Gasteiger partial charge in [-0.25, -0.2) is 4.99 Å². The lowest BCUT2D eigenvalue weighted by molar-refractivity contribution is 0.415. The molecule has 1 heterocycles. The van der Waals surface area contributed by atoms with Crippen LogP contribution in [0.3, 0.4) is 0 Å². The summed E-state index contributed by atoms with van der Waals surface area (Å²) in [4.78, 5) is 7.14. The van der Waals surface area contributed by atoms with Crippen molar-refractivity contribution in [1.82, 2.24) is 0 Å². The van der Waals surface area contributed by atoms with Crippen LogP contribution in [0.5, 0.6) is 5.75 Å². The van der Waals surface area contributed by atoms with E-state index in [0.717, 1.165) is 34.4 Å². The van der Waals surface area contributed by atoms with Crippen molar-refractivity contribution in [1.29, 1.82) is 0 Å². The summed E-state index contributed by atoms with van der Waals surface area (Å²) in [6.45, 7) is 2.11. The number of aryl methyl sites for hydroxylation is 1. The Kier molecular flexibility index (Phi) is 4.87. The maximum absolute atomic E-state index is 5.99. The number of amidine groups is 1. The van der Waals surface area contributed by atoms with Gasteiger partial charge in [0.2, 0.25) is 0 Å². The molecule has 4 heteroatoms. The minimum Gasteiger partial charge on any atom is -0.497 e. The molecule has 3 aromatic rings. The van der Waals surface area contributed by atoms with E-state index >= 15 is 0 Å². The highest BCUT2D eigenvalue weighted by Gasteiger charge is 2.36. The Bertz CT molecular complexity index is 947. The van der Waals surface area contributed by atoms with E-state index in [1.807, 2.05) is 36.4 Å². The zero-order valence-electron chi connectivity index (χ0n) is 15.4. The Morgan fingerprint density at radius 3 is 2.22 bits per heavy atom. The average molecular weight is 377 g/mol. The number of ether oxygens (including phenoxy) is 1. The highest BCUT2D eigenvalue weighted by atomic mass is 35.5. The van der Waals surface area contributed by atoms with Crippen LogP contribution in [0.15, 0.2) is 77.8 Å². The van der Waals surface area contributed by atoms with E-state index < -0.39 is 0 Å². The van der Waals surface area contributed by atoms with Crippen LogP contribution in [0, 0.1) is 6.92 Å². The van der Waals surface area contributed by atoms with Crippen molar-refractivity contribution in [3.05, 3.63) is 88.9 Å². The number of anilines is 1. The zero-order chi connectivity index (χ0) is 18.8. The minimum atomic E-state index is 0.282. The molecule has 1 atom stereocenters. The number of nitrogens with zero attached hydrogens (tertiary/aromatic N) is 2. The lowest BCUT2D eigenvalue weighted by atomic mass is 9.91. The zero-order valence-corrected chi connectivity index (χ0v) is 16.1. The van der Waals surface area contributed by atoms with E-state index in [9.17, 15) is 0 Å². The second kappa shape index (κ2) is 7.45. The monoisotopic (exact) mass is 376 g/mol. The first-order chi connectivity index (χ1) is 13.1. The highest BCUT2D eigenvalue weighted by Crippen LogP contribution is 2.41. The van der Waals surface area contributed by atoms with Gasteiger partial charge in [-0.3, -0.25) is 0 Å². The van der Waals surface area contributed by atoms with Crippen molar-refractivity contribution in [3.8, 4) is 5.75 Å². The van der Waals surface area contributed by atoms with Crippen LogP contribution in [0.4, 0.5) is 11.4 Å². The third kappa shape index (κ3) is 3.69. The van der Waals surface area contributed by atoms with Gasteiger partial charge in [-0.15, -0.1) is 0 Å². The van der Waals surface area contributed by atoms with E-state index in [-0.39, 0.29) is 6.04 Å². The molecular weight excluding hydrogens is 356 g/mol. The largest absolute Gasteiger partial charge is 0.497 e. The maximum atomic E-state index is 5.99. The van der Waals surface area contributed by atoms with Gasteiger partial charge in [0.05, 0.1) is 18.8 Å². The fourth-order valence-electron chi connectivity index (χ4n) is 3.32. The number of halogens is 1. The summed E-state index contributed by atoms with van der Waals surface area (Å²) >= 11 is 5.99. The average Bonchev–Trinajstić information content (AvgIpc) is 2.68. The summed E-state index contributed by atoms with van der Waals surface area (Å²) in [6.07, 6.45) is 0.901. The standard InChI is InChI=1S/C23H21ClN2O/c1-16-3-5-17(6-4-16)22-15-23(25-19-9-7-18(24)8-10-19)26(22)20-11-13-21(27-2)14-12-20/h3-14,22H,15H2,1-2H3. The van der Waals surface area contributed by atoms with E-state index in [0.29, 0.717) is 0 Å². The van der Waals surface area contributed by atoms with Crippen LogP contribution < -0.4 is 9.64 Å². The molecule has 1 aliphatic heterocycles. The summed E-state index contributed by atoms with van der Waals surface area (Å²) in [7, 11) is 1.68. The molecule has 0 aromatic heterocycles. The third-order valence-electron chi connectivity index (χ3n) is 4.86. The predicted molar refractivity (Wildman–Crippen MR) is 113 cm³/mol. The Morgan fingerprint density at radius 1 is 0.926 bits per heavy atom. The number of hydrogen-bond acceptors (Lipinski definition) is 2. The Morgan fingerprint density at radius 2 is 1.59 bits per heavy atom. The second-order valence-electron chi connectivity index (χ2n) is 6.70. The number of aliphatic imine (C=N–C) groups is 1. The van der Waals surface area contributed by atoms with Crippen LogP contribution in [-0.4, -0.2) is 12.9 Å². The van der Waals surface area contributed by atoms with Gasteiger partial charge in [0.15, 0.2) is 0 Å². The molecular formula is C23H21ClN2O. The maximum Gasteiger partial charge on any atom is 0.119 e. The highest BCUT2D eigenvalue weighted by molar-refractivity contribution is 6.30. The van der Waals surface area contributed by atoms with Crippen LogP contribution in [0.1, 0.15) is 23.6 Å². The van der Waals surface area contributed by atoms with Gasteiger partial charge in [0.1, 0.15) is 11.6 Å². The van der Waals surface area contributed by atoms with E-state index in [1.165, 1.54) is 11.1 Å². The molecule has 1 fully saturated rings. The molecule has 3 nitrogen and oxygen atoms in total. The molecule has 4 rings (SSSR count). The molecule has 0 radical (unpaired) electrons. The van der Waals surface area contributed by atoms with Crippen molar-refractivity contribution < 1.29 is 4.74 Å². The van der Waals surface area contributed by atoms with Crippen molar-refractivity contribution in [2.45, 2.75) is 19.4 Å². The predicted octanol–water partition coefficient (Wildman–Crippen LogP) is 6.34. The normalized spacial score (nSPS) is 17.7. The first-order valence-corrected chi connectivity index (χ1v) is 9.35. The second-order valence-corrected chi connectivity index (χ2v) is 7.14. The fourth-order valence-corrected chi connectivity index (χ4v) is 3.45. The molecule has 0 N–H and O–H groups in total. The van der Waals surface area contributed by atoms with Crippen LogP contribution in [-0.2, 0) is 0 Å². The molecule has 1 aliphatic rings.